The zero-order chi connectivity index (χ0) is 21.6. The van der Waals surface area contributed by atoms with Crippen molar-refractivity contribution in [1.29, 1.82) is 0 Å². The molecule has 0 saturated carbocycles. The molecule has 1 aliphatic rings. The molecule has 0 radical (unpaired) electrons. The summed E-state index contributed by atoms with van der Waals surface area (Å²) in [5.74, 6) is 0.0641. The van der Waals surface area contributed by atoms with E-state index in [1.807, 2.05) is 16.8 Å². The highest BCUT2D eigenvalue weighted by molar-refractivity contribution is 7.14. The monoisotopic (exact) mass is 463 g/mol. The van der Waals surface area contributed by atoms with E-state index in [-0.39, 0.29) is 11.8 Å². The van der Waals surface area contributed by atoms with E-state index in [1.165, 1.54) is 21.8 Å². The van der Waals surface area contributed by atoms with E-state index in [4.69, 9.17) is 0 Å². The fourth-order valence-electron chi connectivity index (χ4n) is 3.78. The third kappa shape index (κ3) is 3.83. The highest BCUT2D eigenvalue weighted by Crippen LogP contribution is 2.32. The number of thiazole rings is 1. The Labute approximate surface area is 183 Å². The van der Waals surface area contributed by atoms with Crippen molar-refractivity contribution in [3.05, 3.63) is 57.6 Å². The number of aromatic nitrogens is 4. The highest BCUT2D eigenvalue weighted by Gasteiger charge is 2.33. The van der Waals surface area contributed by atoms with Crippen molar-refractivity contribution in [3.8, 4) is 10.6 Å². The molecule has 5 rings (SSSR count). The third-order valence-corrected chi connectivity index (χ3v) is 6.90. The second-order valence-electron chi connectivity index (χ2n) is 7.34. The van der Waals surface area contributed by atoms with E-state index >= 15 is 0 Å². The lowest BCUT2D eigenvalue weighted by molar-refractivity contribution is -0.137. The Morgan fingerprint density at radius 1 is 1.16 bits per heavy atom. The summed E-state index contributed by atoms with van der Waals surface area (Å²) in [5.41, 5.74) is 0.970. The fraction of sp³-hybridized carbons (Fsp3) is 0.300. The molecule has 6 nitrogen and oxygen atoms in total. The number of rotatable bonds is 3. The summed E-state index contributed by atoms with van der Waals surface area (Å²) in [6.07, 6.45) is -1.97. The minimum atomic E-state index is -4.45. The Bertz CT molecular complexity index is 1230. The Hall–Kier alpha value is -2.79. The topological polar surface area (TPSA) is 63.4 Å². The molecule has 160 valence electrons. The Morgan fingerprint density at radius 3 is 2.81 bits per heavy atom. The number of thiophene rings is 1. The average Bonchev–Trinajstić information content (AvgIpc) is 3.52. The number of carbonyl (C=O) groups is 1. The highest BCUT2D eigenvalue weighted by atomic mass is 32.1. The number of amides is 1. The molecule has 1 atom stereocenters. The number of alkyl halides is 3. The Balaban J connectivity index is 1.39. The molecule has 1 fully saturated rings. The second kappa shape index (κ2) is 7.72. The predicted octanol–water partition coefficient (Wildman–Crippen LogP) is 4.95. The van der Waals surface area contributed by atoms with E-state index in [0.29, 0.717) is 30.3 Å². The van der Waals surface area contributed by atoms with Crippen LogP contribution in [-0.2, 0) is 6.18 Å². The van der Waals surface area contributed by atoms with Crippen molar-refractivity contribution in [1.82, 2.24) is 24.5 Å². The predicted molar refractivity (Wildman–Crippen MR) is 111 cm³/mol. The SMILES string of the molecule is O=C(c1csc(-c2ccsc2)n1)N1CCCC(c2nnc3ccc(C(F)(F)F)cn23)C1. The molecule has 11 heteroatoms. The summed E-state index contributed by atoms with van der Waals surface area (Å²) in [6, 6.07) is 4.27. The van der Waals surface area contributed by atoms with Gasteiger partial charge in [-0.05, 0) is 36.4 Å². The van der Waals surface area contributed by atoms with Crippen LogP contribution in [0.4, 0.5) is 13.2 Å². The standard InChI is InChI=1S/C20H16F3N5OS2/c21-20(22,23)14-3-4-16-25-26-17(28(16)9-14)12-2-1-6-27(8-12)19(29)15-11-31-18(24-15)13-5-7-30-10-13/h3-5,7,9-12H,1-2,6,8H2. The lowest BCUT2D eigenvalue weighted by atomic mass is 9.97. The van der Waals surface area contributed by atoms with Gasteiger partial charge in [0.25, 0.3) is 5.91 Å². The first-order chi connectivity index (χ1) is 14.9. The number of nitrogens with zero attached hydrogens (tertiary/aromatic N) is 5. The van der Waals surface area contributed by atoms with Crippen molar-refractivity contribution in [2.75, 3.05) is 13.1 Å². The summed E-state index contributed by atoms with van der Waals surface area (Å²) in [4.78, 5) is 19.2. The van der Waals surface area contributed by atoms with Gasteiger partial charge in [-0.3, -0.25) is 9.20 Å². The molecular formula is C20H16F3N5OS2. The van der Waals surface area contributed by atoms with Gasteiger partial charge in [0, 0.05) is 41.5 Å². The molecule has 1 saturated heterocycles. The maximum atomic E-state index is 13.1. The zero-order valence-corrected chi connectivity index (χ0v) is 17.7. The average molecular weight is 464 g/mol. The van der Waals surface area contributed by atoms with Crippen molar-refractivity contribution >= 4 is 34.2 Å². The number of pyridine rings is 1. The quantitative estimate of drug-likeness (QED) is 0.431. The molecule has 1 unspecified atom stereocenters. The van der Waals surface area contributed by atoms with Crippen LogP contribution in [0.25, 0.3) is 16.2 Å². The van der Waals surface area contributed by atoms with Crippen LogP contribution >= 0.6 is 22.7 Å². The largest absolute Gasteiger partial charge is 0.417 e. The minimum absolute atomic E-state index is 0.174. The lowest BCUT2D eigenvalue weighted by Crippen LogP contribution is -2.39. The van der Waals surface area contributed by atoms with E-state index in [9.17, 15) is 18.0 Å². The van der Waals surface area contributed by atoms with Gasteiger partial charge < -0.3 is 4.90 Å². The van der Waals surface area contributed by atoms with Crippen molar-refractivity contribution in [2.45, 2.75) is 24.9 Å². The number of likely N-dealkylation sites (tertiary alicyclic amines) is 1. The first-order valence-corrected chi connectivity index (χ1v) is 11.4. The van der Waals surface area contributed by atoms with Crippen LogP contribution in [-0.4, -0.2) is 43.5 Å². The van der Waals surface area contributed by atoms with Gasteiger partial charge in [-0.15, -0.1) is 21.5 Å². The van der Waals surface area contributed by atoms with E-state index < -0.39 is 11.7 Å². The molecule has 0 N–H and O–H groups in total. The molecule has 0 spiro atoms. The molecule has 0 bridgehead atoms. The molecule has 1 aliphatic heterocycles. The number of halogens is 3. The van der Waals surface area contributed by atoms with E-state index in [2.05, 4.69) is 15.2 Å². The molecule has 4 aromatic heterocycles. The first kappa shape index (κ1) is 20.1. The molecule has 5 heterocycles. The third-order valence-electron chi connectivity index (χ3n) is 5.32. The maximum absolute atomic E-state index is 13.1. The number of piperidine rings is 1. The first-order valence-electron chi connectivity index (χ1n) is 9.59. The van der Waals surface area contributed by atoms with Crippen LogP contribution in [0, 0.1) is 0 Å². The molecule has 0 aromatic carbocycles. The zero-order valence-electron chi connectivity index (χ0n) is 16.0. The van der Waals surface area contributed by atoms with Crippen LogP contribution in [0.15, 0.2) is 40.5 Å². The normalized spacial score (nSPS) is 17.4. The second-order valence-corrected chi connectivity index (χ2v) is 8.98. The Kier molecular flexibility index (Phi) is 5.01. The van der Waals surface area contributed by atoms with Gasteiger partial charge in [0.2, 0.25) is 0 Å². The molecular weight excluding hydrogens is 447 g/mol. The summed E-state index contributed by atoms with van der Waals surface area (Å²) >= 11 is 2.99. The summed E-state index contributed by atoms with van der Waals surface area (Å²) in [6.45, 7) is 0.937. The Morgan fingerprint density at radius 2 is 2.03 bits per heavy atom. The van der Waals surface area contributed by atoms with Crippen molar-refractivity contribution < 1.29 is 18.0 Å². The number of hydrogen-bond donors (Lipinski definition) is 0. The van der Waals surface area contributed by atoms with E-state index in [0.717, 1.165) is 35.7 Å². The molecule has 4 aromatic rings. The minimum Gasteiger partial charge on any atom is -0.337 e. The van der Waals surface area contributed by atoms with Gasteiger partial charge >= 0.3 is 6.18 Å². The molecule has 1 amide bonds. The van der Waals surface area contributed by atoms with Gasteiger partial charge in [-0.25, -0.2) is 4.98 Å². The summed E-state index contributed by atoms with van der Waals surface area (Å²) in [7, 11) is 0. The molecule has 31 heavy (non-hydrogen) atoms. The van der Waals surface area contributed by atoms with Gasteiger partial charge in [-0.2, -0.15) is 24.5 Å². The van der Waals surface area contributed by atoms with Gasteiger partial charge in [-0.1, -0.05) is 0 Å². The van der Waals surface area contributed by atoms with Crippen molar-refractivity contribution in [2.24, 2.45) is 0 Å². The van der Waals surface area contributed by atoms with Gasteiger partial charge in [0.05, 0.1) is 5.56 Å². The lowest BCUT2D eigenvalue weighted by Gasteiger charge is -2.31. The summed E-state index contributed by atoms with van der Waals surface area (Å²) in [5, 5.41) is 14.6. The number of hydrogen-bond acceptors (Lipinski definition) is 6. The number of carbonyl (C=O) groups excluding carboxylic acids is 1. The van der Waals surface area contributed by atoms with Crippen LogP contribution in [0.5, 0.6) is 0 Å². The number of fused-ring (bicyclic) bond motifs is 1. The fourth-order valence-corrected chi connectivity index (χ4v) is 5.29. The van der Waals surface area contributed by atoms with Crippen LogP contribution in [0.1, 0.15) is 40.6 Å². The van der Waals surface area contributed by atoms with E-state index in [1.54, 1.807) is 21.6 Å². The van der Waals surface area contributed by atoms with Crippen LogP contribution < -0.4 is 0 Å². The maximum Gasteiger partial charge on any atom is 0.417 e. The van der Waals surface area contributed by atoms with Crippen LogP contribution in [0.3, 0.4) is 0 Å². The smallest absolute Gasteiger partial charge is 0.337 e. The summed E-state index contributed by atoms with van der Waals surface area (Å²) < 4.78 is 40.8. The van der Waals surface area contributed by atoms with Gasteiger partial charge in [0.15, 0.2) is 5.65 Å². The van der Waals surface area contributed by atoms with Crippen LogP contribution in [0.2, 0.25) is 0 Å². The van der Waals surface area contributed by atoms with Crippen molar-refractivity contribution in [3.63, 3.8) is 0 Å². The van der Waals surface area contributed by atoms with Gasteiger partial charge in [0.1, 0.15) is 16.5 Å². The molecule has 0 aliphatic carbocycles.